The Morgan fingerprint density at radius 3 is 2.48 bits per heavy atom. The minimum Gasteiger partial charge on any atom is -0.387 e. The van der Waals surface area contributed by atoms with Crippen molar-refractivity contribution in [3.8, 4) is 0 Å². The Labute approximate surface area is 151 Å². The number of nitrogens with zero attached hydrogens (tertiary/aromatic N) is 2. The molecule has 0 saturated carbocycles. The number of piperidine rings is 1. The van der Waals surface area contributed by atoms with Gasteiger partial charge in [0.05, 0.1) is 12.6 Å². The quantitative estimate of drug-likeness (QED) is 0.789. The monoisotopic (exact) mass is 345 g/mol. The van der Waals surface area contributed by atoms with Gasteiger partial charge in [-0.05, 0) is 56.8 Å². The van der Waals surface area contributed by atoms with Gasteiger partial charge < -0.3 is 20.2 Å². The van der Waals surface area contributed by atoms with Crippen molar-refractivity contribution in [2.45, 2.75) is 31.8 Å². The molecule has 2 aliphatic heterocycles. The molecule has 138 valence electrons. The number of β-amino-alcohol motifs (C(OH)–C–C–N with tert-alkyl or cyclic N) is 1. The van der Waals surface area contributed by atoms with Gasteiger partial charge in [-0.15, -0.1) is 0 Å². The van der Waals surface area contributed by atoms with E-state index in [1.165, 1.54) is 0 Å². The van der Waals surface area contributed by atoms with Crippen LogP contribution in [0.5, 0.6) is 0 Å². The van der Waals surface area contributed by atoms with Gasteiger partial charge in [-0.1, -0.05) is 30.3 Å². The third kappa shape index (κ3) is 5.53. The number of hydrogen-bond acceptors (Lipinski definition) is 4. The highest BCUT2D eigenvalue weighted by Crippen LogP contribution is 2.20. The van der Waals surface area contributed by atoms with Crippen LogP contribution in [-0.4, -0.2) is 66.6 Å². The van der Waals surface area contributed by atoms with Gasteiger partial charge in [-0.2, -0.15) is 0 Å². The van der Waals surface area contributed by atoms with Crippen molar-refractivity contribution in [3.05, 3.63) is 35.9 Å². The largest absolute Gasteiger partial charge is 0.387 e. The fourth-order valence-corrected chi connectivity index (χ4v) is 3.86. The number of hydrogen-bond donors (Lipinski definition) is 2. The first-order chi connectivity index (χ1) is 12.2. The number of rotatable bonds is 7. The molecule has 3 rings (SSSR count). The van der Waals surface area contributed by atoms with Crippen LogP contribution >= 0.6 is 0 Å². The van der Waals surface area contributed by atoms with Crippen molar-refractivity contribution >= 4 is 5.91 Å². The number of carbonyl (C=O) groups excluding carboxylic acids is 1. The minimum atomic E-state index is -0.408. The number of aliphatic hydroxyl groups is 1. The highest BCUT2D eigenvalue weighted by Gasteiger charge is 2.22. The number of nitrogens with one attached hydrogen (secondary N) is 1. The first-order valence-corrected chi connectivity index (χ1v) is 9.66. The van der Waals surface area contributed by atoms with Crippen molar-refractivity contribution in [3.63, 3.8) is 0 Å². The van der Waals surface area contributed by atoms with E-state index in [4.69, 9.17) is 0 Å². The molecule has 2 fully saturated rings. The summed E-state index contributed by atoms with van der Waals surface area (Å²) in [4.78, 5) is 16.3. The fraction of sp³-hybridized carbons (Fsp3) is 0.650. The predicted molar refractivity (Wildman–Crippen MR) is 99.2 cm³/mol. The van der Waals surface area contributed by atoms with E-state index in [2.05, 4.69) is 10.2 Å². The molecule has 1 amide bonds. The fourth-order valence-electron chi connectivity index (χ4n) is 3.86. The summed E-state index contributed by atoms with van der Waals surface area (Å²) >= 11 is 0. The topological polar surface area (TPSA) is 55.8 Å². The molecule has 1 atom stereocenters. The van der Waals surface area contributed by atoms with Crippen LogP contribution in [0.25, 0.3) is 0 Å². The van der Waals surface area contributed by atoms with Crippen LogP contribution in [0.15, 0.2) is 30.3 Å². The third-order valence-electron chi connectivity index (χ3n) is 5.49. The summed E-state index contributed by atoms with van der Waals surface area (Å²) in [7, 11) is 0. The molecule has 25 heavy (non-hydrogen) atoms. The third-order valence-corrected chi connectivity index (χ3v) is 5.49. The average Bonchev–Trinajstić information content (AvgIpc) is 3.19. The van der Waals surface area contributed by atoms with E-state index in [1.807, 2.05) is 35.2 Å². The molecule has 0 aliphatic carbocycles. The summed E-state index contributed by atoms with van der Waals surface area (Å²) in [5, 5.41) is 13.7. The standard InChI is InChI=1S/C20H31N3O2/c24-19(18-6-2-1-3-7-18)16-22-12-8-17(9-13-22)14-21-15-20(25)23-10-4-5-11-23/h1-3,6-7,17,19,21,24H,4-5,8-16H2. The summed E-state index contributed by atoms with van der Waals surface area (Å²) < 4.78 is 0. The molecule has 2 aliphatic rings. The lowest BCUT2D eigenvalue weighted by molar-refractivity contribution is -0.129. The van der Waals surface area contributed by atoms with Gasteiger partial charge in [0, 0.05) is 19.6 Å². The first kappa shape index (κ1) is 18.4. The first-order valence-electron chi connectivity index (χ1n) is 9.66. The SMILES string of the molecule is O=C(CNCC1CCN(CC(O)c2ccccc2)CC1)N1CCCC1. The van der Waals surface area contributed by atoms with E-state index in [0.717, 1.165) is 64.0 Å². The van der Waals surface area contributed by atoms with Gasteiger partial charge in [-0.3, -0.25) is 4.79 Å². The molecule has 0 aromatic heterocycles. The van der Waals surface area contributed by atoms with E-state index in [0.29, 0.717) is 19.0 Å². The Morgan fingerprint density at radius 2 is 1.80 bits per heavy atom. The second-order valence-electron chi connectivity index (χ2n) is 7.39. The molecule has 0 radical (unpaired) electrons. The molecule has 5 heteroatoms. The van der Waals surface area contributed by atoms with Crippen molar-refractivity contribution in [2.75, 3.05) is 45.8 Å². The predicted octanol–water partition coefficient (Wildman–Crippen LogP) is 1.64. The van der Waals surface area contributed by atoms with Crippen LogP contribution in [0, 0.1) is 5.92 Å². The highest BCUT2D eigenvalue weighted by molar-refractivity contribution is 5.78. The van der Waals surface area contributed by atoms with Gasteiger partial charge in [0.25, 0.3) is 0 Å². The zero-order chi connectivity index (χ0) is 17.5. The van der Waals surface area contributed by atoms with Gasteiger partial charge in [0.15, 0.2) is 0 Å². The average molecular weight is 345 g/mol. The normalized spacial score (nSPS) is 20.8. The van der Waals surface area contributed by atoms with E-state index in [-0.39, 0.29) is 5.91 Å². The van der Waals surface area contributed by atoms with Crippen molar-refractivity contribution < 1.29 is 9.90 Å². The van der Waals surface area contributed by atoms with Gasteiger partial charge >= 0.3 is 0 Å². The Hall–Kier alpha value is -1.43. The molecule has 2 heterocycles. The summed E-state index contributed by atoms with van der Waals surface area (Å²) in [6, 6.07) is 9.89. The van der Waals surface area contributed by atoms with E-state index in [9.17, 15) is 9.90 Å². The maximum absolute atomic E-state index is 12.0. The van der Waals surface area contributed by atoms with Crippen molar-refractivity contribution in [1.29, 1.82) is 0 Å². The van der Waals surface area contributed by atoms with E-state index in [1.54, 1.807) is 0 Å². The maximum atomic E-state index is 12.0. The van der Waals surface area contributed by atoms with Crippen LogP contribution in [-0.2, 0) is 4.79 Å². The molecule has 1 unspecified atom stereocenters. The summed E-state index contributed by atoms with van der Waals surface area (Å²) in [6.45, 7) is 6.02. The summed E-state index contributed by atoms with van der Waals surface area (Å²) in [5.41, 5.74) is 0.992. The molecule has 2 saturated heterocycles. The Kier molecular flexibility index (Phi) is 6.84. The maximum Gasteiger partial charge on any atom is 0.236 e. The summed E-state index contributed by atoms with van der Waals surface area (Å²) in [5.74, 6) is 0.886. The van der Waals surface area contributed by atoms with Gasteiger partial charge in [-0.25, -0.2) is 0 Å². The second kappa shape index (κ2) is 9.32. The molecule has 0 spiro atoms. The van der Waals surface area contributed by atoms with Gasteiger partial charge in [0.2, 0.25) is 5.91 Å². The summed E-state index contributed by atoms with van der Waals surface area (Å²) in [6.07, 6.45) is 4.16. The van der Waals surface area contributed by atoms with E-state index >= 15 is 0 Å². The lowest BCUT2D eigenvalue weighted by Gasteiger charge is -2.33. The smallest absolute Gasteiger partial charge is 0.236 e. The number of carbonyl (C=O) groups is 1. The van der Waals surface area contributed by atoms with Crippen LogP contribution in [0.1, 0.15) is 37.4 Å². The van der Waals surface area contributed by atoms with Gasteiger partial charge in [0.1, 0.15) is 0 Å². The molecule has 1 aromatic carbocycles. The number of amides is 1. The van der Waals surface area contributed by atoms with Crippen LogP contribution in [0.4, 0.5) is 0 Å². The molecular formula is C20H31N3O2. The van der Waals surface area contributed by atoms with E-state index < -0.39 is 6.10 Å². The molecule has 0 bridgehead atoms. The van der Waals surface area contributed by atoms with Crippen molar-refractivity contribution in [1.82, 2.24) is 15.1 Å². The number of likely N-dealkylation sites (tertiary alicyclic amines) is 2. The molecular weight excluding hydrogens is 314 g/mol. The van der Waals surface area contributed by atoms with Crippen LogP contribution in [0.2, 0.25) is 0 Å². The highest BCUT2D eigenvalue weighted by atomic mass is 16.3. The molecule has 2 N–H and O–H groups in total. The van der Waals surface area contributed by atoms with Crippen LogP contribution < -0.4 is 5.32 Å². The minimum absolute atomic E-state index is 0.251. The molecule has 1 aromatic rings. The van der Waals surface area contributed by atoms with Crippen molar-refractivity contribution in [2.24, 2.45) is 5.92 Å². The zero-order valence-corrected chi connectivity index (χ0v) is 15.1. The second-order valence-corrected chi connectivity index (χ2v) is 7.39. The Balaban J connectivity index is 1.31. The zero-order valence-electron chi connectivity index (χ0n) is 15.1. The lowest BCUT2D eigenvalue weighted by Crippen LogP contribution is -2.41. The van der Waals surface area contributed by atoms with Crippen LogP contribution in [0.3, 0.4) is 0 Å². The Bertz CT molecular complexity index is 523. The number of benzene rings is 1. The Morgan fingerprint density at radius 1 is 1.12 bits per heavy atom. The number of aliphatic hydroxyl groups excluding tert-OH is 1. The lowest BCUT2D eigenvalue weighted by atomic mass is 9.96. The molecule has 5 nitrogen and oxygen atoms in total.